The van der Waals surface area contributed by atoms with Crippen LogP contribution < -0.4 is 10.6 Å². The third kappa shape index (κ3) is 6.06. The van der Waals surface area contributed by atoms with Gasteiger partial charge in [0.05, 0.1) is 27.6 Å². The zero-order valence-electron chi connectivity index (χ0n) is 17.9. The van der Waals surface area contributed by atoms with Gasteiger partial charge in [0, 0.05) is 17.4 Å². The molecule has 0 spiro atoms. The van der Waals surface area contributed by atoms with Crippen LogP contribution in [-0.2, 0) is 21.8 Å². The first-order chi connectivity index (χ1) is 16.6. The Morgan fingerprint density at radius 3 is 2.49 bits per heavy atom. The highest BCUT2D eigenvalue weighted by Crippen LogP contribution is 2.33. The van der Waals surface area contributed by atoms with Gasteiger partial charge in [0.2, 0.25) is 0 Å². The number of sulfone groups is 1. The van der Waals surface area contributed by atoms with Crippen LogP contribution in [0.1, 0.15) is 11.3 Å². The molecule has 2 aromatic heterocycles. The Hall–Kier alpha value is -3.70. The number of nitrogens with zero attached hydrogens (tertiary/aromatic N) is 1. The number of urea groups is 1. The maximum Gasteiger partial charge on any atom is 0.416 e. The van der Waals surface area contributed by atoms with Gasteiger partial charge in [-0.05, 0) is 64.9 Å². The highest BCUT2D eigenvalue weighted by atomic mass is 32.2. The van der Waals surface area contributed by atoms with Crippen molar-refractivity contribution in [3.8, 4) is 11.1 Å². The number of pyridine rings is 1. The van der Waals surface area contributed by atoms with Crippen molar-refractivity contribution in [1.29, 1.82) is 0 Å². The predicted molar refractivity (Wildman–Crippen MR) is 129 cm³/mol. The van der Waals surface area contributed by atoms with Gasteiger partial charge >= 0.3 is 12.2 Å². The SMILES string of the molecule is O=C(Nc1cccc(C(F)(F)F)c1)Nc1cc(S(=O)(=O)Cc2ccccn2)ccc1-c1ccsc1. The van der Waals surface area contributed by atoms with E-state index in [2.05, 4.69) is 15.6 Å². The third-order valence-electron chi connectivity index (χ3n) is 4.94. The largest absolute Gasteiger partial charge is 0.416 e. The molecule has 0 unspecified atom stereocenters. The van der Waals surface area contributed by atoms with Crippen molar-refractivity contribution < 1.29 is 26.4 Å². The van der Waals surface area contributed by atoms with Crippen LogP contribution in [0.25, 0.3) is 11.1 Å². The number of alkyl halides is 3. The molecule has 0 aliphatic rings. The number of hydrogen-bond acceptors (Lipinski definition) is 5. The quantitative estimate of drug-likeness (QED) is 0.308. The molecule has 0 aliphatic carbocycles. The minimum absolute atomic E-state index is 0.0310. The lowest BCUT2D eigenvalue weighted by molar-refractivity contribution is -0.137. The zero-order valence-corrected chi connectivity index (χ0v) is 19.5. The maximum absolute atomic E-state index is 13.0. The fourth-order valence-corrected chi connectivity index (χ4v) is 5.26. The first-order valence-electron chi connectivity index (χ1n) is 10.2. The van der Waals surface area contributed by atoms with Gasteiger partial charge in [-0.25, -0.2) is 13.2 Å². The van der Waals surface area contributed by atoms with Crippen molar-refractivity contribution in [2.24, 2.45) is 0 Å². The summed E-state index contributed by atoms with van der Waals surface area (Å²) in [7, 11) is -3.79. The van der Waals surface area contributed by atoms with Gasteiger partial charge in [-0.3, -0.25) is 4.98 Å². The average molecular weight is 518 g/mol. The van der Waals surface area contributed by atoms with E-state index in [1.807, 2.05) is 10.8 Å². The van der Waals surface area contributed by atoms with E-state index in [1.54, 1.807) is 30.3 Å². The van der Waals surface area contributed by atoms with E-state index in [0.29, 0.717) is 11.3 Å². The average Bonchev–Trinajstić information content (AvgIpc) is 3.34. The van der Waals surface area contributed by atoms with Crippen LogP contribution in [0.4, 0.5) is 29.3 Å². The number of amides is 2. The van der Waals surface area contributed by atoms with Gasteiger partial charge in [0.25, 0.3) is 0 Å². The van der Waals surface area contributed by atoms with Crippen molar-refractivity contribution in [2.45, 2.75) is 16.8 Å². The number of aromatic nitrogens is 1. The van der Waals surface area contributed by atoms with Crippen molar-refractivity contribution in [3.63, 3.8) is 0 Å². The standard InChI is InChI=1S/C24H18F3N3O3S2/c25-24(26,27)17-4-3-6-18(12-17)29-23(31)30-22-13-20(7-8-21(22)16-9-11-34-14-16)35(32,33)15-19-5-1-2-10-28-19/h1-14H,15H2,(H2,29,30,31). The van der Waals surface area contributed by atoms with E-state index >= 15 is 0 Å². The zero-order chi connectivity index (χ0) is 25.1. The second-order valence-corrected chi connectivity index (χ2v) is 10.2. The van der Waals surface area contributed by atoms with Crippen LogP contribution in [0.15, 0.2) is 88.6 Å². The molecule has 6 nitrogen and oxygen atoms in total. The fraction of sp³-hybridized carbons (Fsp3) is 0.0833. The Morgan fingerprint density at radius 2 is 1.80 bits per heavy atom. The summed E-state index contributed by atoms with van der Waals surface area (Å²) in [6.45, 7) is 0. The van der Waals surface area contributed by atoms with Gasteiger partial charge in [-0.1, -0.05) is 18.2 Å². The van der Waals surface area contributed by atoms with E-state index in [9.17, 15) is 26.4 Å². The van der Waals surface area contributed by atoms with Gasteiger partial charge in [0.15, 0.2) is 9.84 Å². The van der Waals surface area contributed by atoms with E-state index < -0.39 is 27.6 Å². The Labute approximate surface area is 203 Å². The van der Waals surface area contributed by atoms with E-state index in [0.717, 1.165) is 17.7 Å². The molecule has 0 atom stereocenters. The van der Waals surface area contributed by atoms with Crippen LogP contribution in [0.5, 0.6) is 0 Å². The molecule has 0 bridgehead atoms. The molecular formula is C24H18F3N3O3S2. The first kappa shape index (κ1) is 24.4. The molecule has 2 amide bonds. The molecule has 35 heavy (non-hydrogen) atoms. The van der Waals surface area contributed by atoms with Crippen LogP contribution in [0.3, 0.4) is 0 Å². The topological polar surface area (TPSA) is 88.2 Å². The van der Waals surface area contributed by atoms with Gasteiger partial charge in [0.1, 0.15) is 0 Å². The van der Waals surface area contributed by atoms with E-state index in [-0.39, 0.29) is 22.0 Å². The Bertz CT molecular complexity index is 1440. The number of nitrogens with one attached hydrogen (secondary N) is 2. The smallest absolute Gasteiger partial charge is 0.308 e. The summed E-state index contributed by atoms with van der Waals surface area (Å²) < 4.78 is 64.9. The number of carbonyl (C=O) groups excluding carboxylic acids is 1. The summed E-state index contributed by atoms with van der Waals surface area (Å²) in [5, 5.41) is 8.60. The van der Waals surface area contributed by atoms with Crippen molar-refractivity contribution in [1.82, 2.24) is 4.98 Å². The second kappa shape index (κ2) is 9.88. The summed E-state index contributed by atoms with van der Waals surface area (Å²) in [5.74, 6) is -0.332. The van der Waals surface area contributed by atoms with Crippen LogP contribution >= 0.6 is 11.3 Å². The molecule has 0 saturated carbocycles. The number of anilines is 2. The fourth-order valence-electron chi connectivity index (χ4n) is 3.31. The number of rotatable bonds is 6. The van der Waals surface area contributed by atoms with Crippen molar-refractivity contribution in [2.75, 3.05) is 10.6 Å². The van der Waals surface area contributed by atoms with Crippen molar-refractivity contribution >= 4 is 38.6 Å². The van der Waals surface area contributed by atoms with Crippen LogP contribution in [0.2, 0.25) is 0 Å². The van der Waals surface area contributed by atoms with Crippen LogP contribution in [0, 0.1) is 0 Å². The van der Waals surface area contributed by atoms with Gasteiger partial charge in [-0.2, -0.15) is 24.5 Å². The molecule has 2 aromatic carbocycles. The summed E-state index contributed by atoms with van der Waals surface area (Å²) >= 11 is 1.42. The summed E-state index contributed by atoms with van der Waals surface area (Å²) in [6.07, 6.45) is -3.06. The second-order valence-electron chi connectivity index (χ2n) is 7.46. The number of benzene rings is 2. The monoisotopic (exact) mass is 517 g/mol. The molecule has 0 saturated heterocycles. The lowest BCUT2D eigenvalue weighted by Gasteiger charge is -2.14. The Kier molecular flexibility index (Phi) is 6.90. The number of hydrogen-bond donors (Lipinski definition) is 2. The Balaban J connectivity index is 1.63. The van der Waals surface area contributed by atoms with Crippen LogP contribution in [-0.4, -0.2) is 19.4 Å². The highest BCUT2D eigenvalue weighted by Gasteiger charge is 2.30. The maximum atomic E-state index is 13.0. The molecular weight excluding hydrogens is 499 g/mol. The summed E-state index contributed by atoms with van der Waals surface area (Å²) in [4.78, 5) is 16.7. The molecule has 0 aliphatic heterocycles. The highest BCUT2D eigenvalue weighted by molar-refractivity contribution is 7.90. The normalized spacial score (nSPS) is 11.7. The molecule has 2 N–H and O–H groups in total. The molecule has 4 rings (SSSR count). The van der Waals surface area contributed by atoms with Crippen molar-refractivity contribution in [3.05, 3.63) is 94.9 Å². The number of thiophene rings is 1. The summed E-state index contributed by atoms with van der Waals surface area (Å²) in [5.41, 5.74) is 0.895. The molecule has 0 fully saturated rings. The minimum atomic E-state index is -4.56. The predicted octanol–water partition coefficient (Wildman–Crippen LogP) is 6.45. The number of carbonyl (C=O) groups is 1. The molecule has 4 aromatic rings. The van der Waals surface area contributed by atoms with Gasteiger partial charge < -0.3 is 10.6 Å². The molecule has 180 valence electrons. The molecule has 11 heteroatoms. The van der Waals surface area contributed by atoms with E-state index in [4.69, 9.17) is 0 Å². The van der Waals surface area contributed by atoms with E-state index in [1.165, 1.54) is 41.8 Å². The molecule has 2 heterocycles. The number of halogens is 3. The molecule has 0 radical (unpaired) electrons. The summed E-state index contributed by atoms with van der Waals surface area (Å²) in [6, 6.07) is 14.5. The first-order valence-corrected chi connectivity index (χ1v) is 12.8. The lowest BCUT2D eigenvalue weighted by Crippen LogP contribution is -2.20. The minimum Gasteiger partial charge on any atom is -0.308 e. The Morgan fingerprint density at radius 1 is 0.971 bits per heavy atom. The lowest BCUT2D eigenvalue weighted by atomic mass is 10.1. The van der Waals surface area contributed by atoms with Gasteiger partial charge in [-0.15, -0.1) is 0 Å². The third-order valence-corrected chi connectivity index (χ3v) is 7.27.